The van der Waals surface area contributed by atoms with Crippen LogP contribution in [0.5, 0.6) is 23.0 Å². The molecular weight excluding hydrogens is 665 g/mol. The molecule has 0 atom stereocenters. The summed E-state index contributed by atoms with van der Waals surface area (Å²) >= 11 is 1.81. The monoisotopic (exact) mass is 693 g/mol. The predicted octanol–water partition coefficient (Wildman–Crippen LogP) is 11.5. The zero-order valence-electron chi connectivity index (χ0n) is 28.4. The van der Waals surface area contributed by atoms with Crippen LogP contribution in [-0.4, -0.2) is 6.71 Å². The van der Waals surface area contributed by atoms with Gasteiger partial charge in [-0.3, -0.25) is 0 Å². The third-order valence-corrected chi connectivity index (χ3v) is 12.3. The van der Waals surface area contributed by atoms with Crippen molar-refractivity contribution in [3.63, 3.8) is 0 Å². The maximum Gasteiger partial charge on any atom is 0.262 e. The van der Waals surface area contributed by atoms with Crippen molar-refractivity contribution in [1.82, 2.24) is 0 Å². The average Bonchev–Trinajstić information content (AvgIpc) is 3.22. The SMILES string of the molecule is c1ccc(N(c2ccccc2)c2ccc3c4c(cccc24)Sc2c-3cc3c4c2Oc2ccc5ccccc5c2B4c2c(ccc4ccccc24)O3)cc1. The molecule has 3 aliphatic rings. The lowest BCUT2D eigenvalue weighted by Gasteiger charge is -2.37. The number of hydrogen-bond acceptors (Lipinski definition) is 4. The second-order valence-electron chi connectivity index (χ2n) is 13.9. The second-order valence-corrected chi connectivity index (χ2v) is 15.0. The van der Waals surface area contributed by atoms with E-state index in [0.717, 1.165) is 56.0 Å². The summed E-state index contributed by atoms with van der Waals surface area (Å²) in [5, 5.41) is 7.27. The molecule has 0 aliphatic carbocycles. The number of hydrogen-bond donors (Lipinski definition) is 0. The fourth-order valence-electron chi connectivity index (χ4n) is 8.93. The minimum atomic E-state index is -0.0551. The van der Waals surface area contributed by atoms with Gasteiger partial charge in [-0.1, -0.05) is 127 Å². The largest absolute Gasteiger partial charge is 0.458 e. The summed E-state index contributed by atoms with van der Waals surface area (Å²) in [5.41, 5.74) is 9.21. The second kappa shape index (κ2) is 11.0. The molecule has 3 heterocycles. The van der Waals surface area contributed by atoms with Crippen molar-refractivity contribution in [1.29, 1.82) is 0 Å². The number of fused-ring (bicyclic) bond motifs is 11. The van der Waals surface area contributed by atoms with E-state index >= 15 is 0 Å². The van der Waals surface area contributed by atoms with Gasteiger partial charge in [0.1, 0.15) is 23.0 Å². The van der Waals surface area contributed by atoms with Gasteiger partial charge in [-0.05, 0) is 92.6 Å². The van der Waals surface area contributed by atoms with Crippen molar-refractivity contribution in [3.8, 4) is 34.1 Å². The molecule has 9 aromatic carbocycles. The van der Waals surface area contributed by atoms with E-state index in [2.05, 4.69) is 175 Å². The van der Waals surface area contributed by atoms with Crippen LogP contribution in [0.15, 0.2) is 180 Å². The first-order chi connectivity index (χ1) is 26.3. The first kappa shape index (κ1) is 29.2. The fourth-order valence-corrected chi connectivity index (χ4v) is 10.1. The van der Waals surface area contributed by atoms with Crippen molar-refractivity contribution in [2.24, 2.45) is 0 Å². The predicted molar refractivity (Wildman–Crippen MR) is 221 cm³/mol. The Kier molecular flexibility index (Phi) is 6.08. The zero-order chi connectivity index (χ0) is 34.6. The Morgan fingerprint density at radius 1 is 0.453 bits per heavy atom. The Labute approximate surface area is 311 Å². The number of rotatable bonds is 3. The standard InChI is InChI=1S/C48H28BNO2S/c1-3-14-31(15-4-1)50(32-16-5-2-6-17-32)38-25-24-35-37-28-41-46-47(48(37)53-42-21-11-20-36(38)43(35)42)52-40-27-23-30-13-8-10-19-34(30)45(40)49(46)44-33-18-9-7-12-29(33)22-26-39(44)51-41/h1-28H. The van der Waals surface area contributed by atoms with E-state index < -0.39 is 0 Å². The molecule has 246 valence electrons. The van der Waals surface area contributed by atoms with Gasteiger partial charge >= 0.3 is 0 Å². The molecule has 0 unspecified atom stereocenters. The van der Waals surface area contributed by atoms with Crippen LogP contribution in [0.25, 0.3) is 43.4 Å². The van der Waals surface area contributed by atoms with Crippen LogP contribution in [0.1, 0.15) is 0 Å². The molecule has 3 nitrogen and oxygen atoms in total. The van der Waals surface area contributed by atoms with Gasteiger partial charge in [0.25, 0.3) is 6.71 Å². The van der Waals surface area contributed by atoms with Crippen molar-refractivity contribution in [2.45, 2.75) is 9.79 Å². The number of nitrogens with zero attached hydrogens (tertiary/aromatic N) is 1. The number of anilines is 3. The highest BCUT2D eigenvalue weighted by Gasteiger charge is 2.44. The van der Waals surface area contributed by atoms with Crippen LogP contribution < -0.4 is 30.8 Å². The van der Waals surface area contributed by atoms with Crippen LogP contribution in [0.2, 0.25) is 0 Å². The van der Waals surface area contributed by atoms with Crippen LogP contribution >= 0.6 is 11.8 Å². The Balaban J connectivity index is 1.12. The van der Waals surface area contributed by atoms with E-state index in [9.17, 15) is 0 Å². The van der Waals surface area contributed by atoms with Gasteiger partial charge in [0.05, 0.1) is 10.6 Å². The first-order valence-electron chi connectivity index (χ1n) is 18.0. The number of para-hydroxylation sites is 2. The van der Waals surface area contributed by atoms with E-state index in [0.29, 0.717) is 0 Å². The molecule has 0 amide bonds. The molecule has 0 bridgehead atoms. The highest BCUT2D eigenvalue weighted by atomic mass is 32.2. The van der Waals surface area contributed by atoms with Crippen LogP contribution in [-0.2, 0) is 0 Å². The van der Waals surface area contributed by atoms with Gasteiger partial charge in [-0.2, -0.15) is 0 Å². The molecule has 0 fully saturated rings. The average molecular weight is 694 g/mol. The van der Waals surface area contributed by atoms with E-state index in [1.165, 1.54) is 53.7 Å². The molecule has 0 saturated carbocycles. The van der Waals surface area contributed by atoms with Gasteiger partial charge in [0, 0.05) is 38.1 Å². The van der Waals surface area contributed by atoms with E-state index in [4.69, 9.17) is 9.47 Å². The van der Waals surface area contributed by atoms with E-state index in [-0.39, 0.29) is 6.71 Å². The smallest absolute Gasteiger partial charge is 0.262 e. The van der Waals surface area contributed by atoms with Crippen molar-refractivity contribution in [2.75, 3.05) is 4.90 Å². The molecule has 0 aromatic heterocycles. The molecule has 5 heteroatoms. The van der Waals surface area contributed by atoms with E-state index in [1.54, 1.807) is 0 Å². The quantitative estimate of drug-likeness (QED) is 0.172. The maximum absolute atomic E-state index is 7.14. The minimum Gasteiger partial charge on any atom is -0.458 e. The van der Waals surface area contributed by atoms with Crippen LogP contribution in [0, 0.1) is 0 Å². The lowest BCUT2D eigenvalue weighted by Crippen LogP contribution is -2.58. The van der Waals surface area contributed by atoms with Gasteiger partial charge in [-0.15, -0.1) is 0 Å². The van der Waals surface area contributed by atoms with Gasteiger partial charge < -0.3 is 14.4 Å². The third kappa shape index (κ3) is 4.14. The molecule has 0 saturated heterocycles. The van der Waals surface area contributed by atoms with Crippen molar-refractivity contribution < 1.29 is 9.47 Å². The lowest BCUT2D eigenvalue weighted by molar-refractivity contribution is 0.458. The summed E-state index contributed by atoms with van der Waals surface area (Å²) in [6.45, 7) is -0.0551. The first-order valence-corrected chi connectivity index (χ1v) is 18.9. The zero-order valence-corrected chi connectivity index (χ0v) is 29.2. The normalized spacial score (nSPS) is 13.1. The molecular formula is C48H28BNO2S. The lowest BCUT2D eigenvalue weighted by atomic mass is 9.33. The minimum absolute atomic E-state index is 0.0551. The summed E-state index contributed by atoms with van der Waals surface area (Å²) in [4.78, 5) is 4.71. The Hall–Kier alpha value is -6.43. The molecule has 0 spiro atoms. The fraction of sp³-hybridized carbons (Fsp3) is 0. The number of benzene rings is 9. The number of ether oxygens (including phenoxy) is 2. The topological polar surface area (TPSA) is 21.7 Å². The Morgan fingerprint density at radius 3 is 1.74 bits per heavy atom. The van der Waals surface area contributed by atoms with Gasteiger partial charge in [0.15, 0.2) is 0 Å². The van der Waals surface area contributed by atoms with Crippen LogP contribution in [0.3, 0.4) is 0 Å². The van der Waals surface area contributed by atoms with Crippen molar-refractivity contribution >= 4 is 84.2 Å². The highest BCUT2D eigenvalue weighted by molar-refractivity contribution is 8.00. The summed E-state index contributed by atoms with van der Waals surface area (Å²) in [6.07, 6.45) is 0. The molecule has 0 radical (unpaired) electrons. The highest BCUT2D eigenvalue weighted by Crippen LogP contribution is 2.56. The third-order valence-electron chi connectivity index (χ3n) is 11.1. The molecule has 12 rings (SSSR count). The molecule has 9 aromatic rings. The molecule has 0 N–H and O–H groups in total. The summed E-state index contributed by atoms with van der Waals surface area (Å²) < 4.78 is 14.1. The van der Waals surface area contributed by atoms with Crippen LogP contribution in [0.4, 0.5) is 17.1 Å². The van der Waals surface area contributed by atoms with Gasteiger partial charge in [-0.25, -0.2) is 0 Å². The van der Waals surface area contributed by atoms with Crippen molar-refractivity contribution in [3.05, 3.63) is 170 Å². The summed E-state index contributed by atoms with van der Waals surface area (Å²) in [6, 6.07) is 60.9. The van der Waals surface area contributed by atoms with E-state index in [1.807, 2.05) is 11.8 Å². The maximum atomic E-state index is 7.14. The summed E-state index contributed by atoms with van der Waals surface area (Å²) in [7, 11) is 0. The summed E-state index contributed by atoms with van der Waals surface area (Å²) in [5.74, 6) is 3.56. The Morgan fingerprint density at radius 2 is 1.06 bits per heavy atom. The Bertz CT molecular complexity index is 2910. The van der Waals surface area contributed by atoms with Gasteiger partial charge in [0.2, 0.25) is 0 Å². The molecule has 3 aliphatic heterocycles. The molecule has 53 heavy (non-hydrogen) atoms.